The number of rotatable bonds is 2. The van der Waals surface area contributed by atoms with Crippen molar-refractivity contribution in [1.82, 2.24) is 5.32 Å². The van der Waals surface area contributed by atoms with E-state index >= 15 is 0 Å². The Morgan fingerprint density at radius 3 is 2.43 bits per heavy atom. The zero-order valence-corrected chi connectivity index (χ0v) is 18.8. The average Bonchev–Trinajstić information content (AvgIpc) is 2.94. The number of hydrogen-bond acceptors (Lipinski definition) is 5. The molecule has 3 unspecified atom stereocenters. The molecule has 1 saturated heterocycles. The molecule has 3 aliphatic rings. The smallest absolute Gasteiger partial charge is 0.235 e. The highest BCUT2D eigenvalue weighted by molar-refractivity contribution is 6.09. The Kier molecular flexibility index (Phi) is 6.61. The van der Waals surface area contributed by atoms with Gasteiger partial charge in [-0.3, -0.25) is 9.59 Å². The molecular formula is C24H37NO5. The molecule has 0 bridgehead atoms. The summed E-state index contributed by atoms with van der Waals surface area (Å²) in [5.41, 5.74) is 0.834. The van der Waals surface area contributed by atoms with Crippen molar-refractivity contribution < 1.29 is 24.9 Å². The minimum absolute atomic E-state index is 0.0411. The van der Waals surface area contributed by atoms with E-state index in [1.165, 1.54) is 5.57 Å². The van der Waals surface area contributed by atoms with Gasteiger partial charge in [0.2, 0.25) is 5.91 Å². The Balaban J connectivity index is 2.18. The molecule has 1 spiro atoms. The molecule has 1 fully saturated rings. The molecule has 1 amide bonds. The predicted molar refractivity (Wildman–Crippen MR) is 114 cm³/mol. The first-order valence-electron chi connectivity index (χ1n) is 11.2. The largest absolute Gasteiger partial charge is 0.390 e. The molecule has 6 heteroatoms. The minimum Gasteiger partial charge on any atom is -0.390 e. The van der Waals surface area contributed by atoms with Crippen LogP contribution >= 0.6 is 0 Å². The number of hydrogen-bond donors (Lipinski definition) is 4. The van der Waals surface area contributed by atoms with Crippen LogP contribution in [-0.4, -0.2) is 51.4 Å². The molecule has 0 saturated carbocycles. The first-order chi connectivity index (χ1) is 14.0. The minimum atomic E-state index is -1.41. The number of Topliss-reactive ketones (excluding diaryl/α,β-unsaturated/α-hetero) is 1. The lowest BCUT2D eigenvalue weighted by atomic mass is 9.54. The van der Waals surface area contributed by atoms with Crippen molar-refractivity contribution in [2.75, 3.05) is 0 Å². The van der Waals surface area contributed by atoms with E-state index in [1.54, 1.807) is 0 Å². The molecular weight excluding hydrogens is 382 g/mol. The zero-order chi connectivity index (χ0) is 22.4. The SMILES string of the molecule is CC1=C[C@@H]2/C=C(\C)CCC(O)C(O)C(O)CC(=O)[C@@]23C(=O)N[C@@H](CC(C)C)[C@@H]3[C@@H]1C. The van der Waals surface area contributed by atoms with Crippen molar-refractivity contribution in [2.45, 2.75) is 84.7 Å². The van der Waals surface area contributed by atoms with Crippen molar-refractivity contribution in [3.05, 3.63) is 23.3 Å². The Labute approximate surface area is 179 Å². The quantitative estimate of drug-likeness (QED) is 0.405. The van der Waals surface area contributed by atoms with Gasteiger partial charge >= 0.3 is 0 Å². The molecule has 6 nitrogen and oxygen atoms in total. The number of carbonyl (C=O) groups is 2. The van der Waals surface area contributed by atoms with Gasteiger partial charge in [-0.05, 0) is 44.9 Å². The van der Waals surface area contributed by atoms with Gasteiger partial charge in [-0.1, -0.05) is 44.1 Å². The summed E-state index contributed by atoms with van der Waals surface area (Å²) in [6, 6.07) is -0.117. The van der Waals surface area contributed by atoms with Gasteiger partial charge in [0.1, 0.15) is 11.5 Å². The Hall–Kier alpha value is -1.50. The van der Waals surface area contributed by atoms with Crippen LogP contribution in [-0.2, 0) is 9.59 Å². The third kappa shape index (κ3) is 3.78. The summed E-state index contributed by atoms with van der Waals surface area (Å²) >= 11 is 0. The second-order valence-electron chi connectivity index (χ2n) is 10.1. The molecule has 0 radical (unpaired) electrons. The third-order valence-electron chi connectivity index (χ3n) is 7.54. The maximum absolute atomic E-state index is 13.8. The van der Waals surface area contributed by atoms with Gasteiger partial charge < -0.3 is 20.6 Å². The third-order valence-corrected chi connectivity index (χ3v) is 7.54. The summed E-state index contributed by atoms with van der Waals surface area (Å²) in [5.74, 6) is -0.827. The predicted octanol–water partition coefficient (Wildman–Crippen LogP) is 2.13. The Bertz CT molecular complexity index is 757. The molecule has 4 N–H and O–H groups in total. The Morgan fingerprint density at radius 1 is 1.13 bits per heavy atom. The summed E-state index contributed by atoms with van der Waals surface area (Å²) in [6.45, 7) is 10.3. The summed E-state index contributed by atoms with van der Waals surface area (Å²) in [6.07, 6.45) is 1.35. The Morgan fingerprint density at radius 2 is 1.80 bits per heavy atom. The highest BCUT2D eigenvalue weighted by Crippen LogP contribution is 2.55. The summed E-state index contributed by atoms with van der Waals surface area (Å²) < 4.78 is 0. The second-order valence-corrected chi connectivity index (χ2v) is 10.1. The zero-order valence-electron chi connectivity index (χ0n) is 18.8. The fourth-order valence-corrected chi connectivity index (χ4v) is 5.88. The van der Waals surface area contributed by atoms with Gasteiger partial charge in [0.05, 0.1) is 12.2 Å². The maximum atomic E-state index is 13.8. The van der Waals surface area contributed by atoms with Crippen LogP contribution in [0.2, 0.25) is 0 Å². The van der Waals surface area contributed by atoms with Crippen LogP contribution in [0.15, 0.2) is 23.3 Å². The number of nitrogens with one attached hydrogen (secondary N) is 1. The van der Waals surface area contributed by atoms with E-state index in [0.29, 0.717) is 18.8 Å². The van der Waals surface area contributed by atoms with Crippen molar-refractivity contribution in [1.29, 1.82) is 0 Å². The maximum Gasteiger partial charge on any atom is 0.235 e. The molecule has 0 aromatic carbocycles. The van der Waals surface area contributed by atoms with Gasteiger partial charge in [-0.15, -0.1) is 0 Å². The lowest BCUT2D eigenvalue weighted by Crippen LogP contribution is -2.53. The molecule has 0 aromatic heterocycles. The average molecular weight is 420 g/mol. The molecule has 1 heterocycles. The second kappa shape index (κ2) is 8.56. The standard InChI is InChI=1S/C24H37NO5/c1-12(2)8-17-21-15(5)14(4)10-16-9-13(3)6-7-18(26)22(29)19(27)11-20(28)24(16,21)23(30)25-17/h9-10,12,15-19,21-22,26-27,29H,6-8,11H2,1-5H3,(H,25,30)/b13-9+/t15-,16+,17+,18?,19?,21+,22?,24+/m1/s1. The van der Waals surface area contributed by atoms with Gasteiger partial charge in [-0.25, -0.2) is 0 Å². The molecule has 0 aromatic rings. The van der Waals surface area contributed by atoms with Gasteiger partial charge in [0, 0.05) is 24.3 Å². The van der Waals surface area contributed by atoms with Crippen molar-refractivity contribution in [3.63, 3.8) is 0 Å². The van der Waals surface area contributed by atoms with E-state index in [1.807, 2.05) is 19.1 Å². The summed E-state index contributed by atoms with van der Waals surface area (Å²) in [7, 11) is 0. The van der Waals surface area contributed by atoms with Crippen LogP contribution in [0.4, 0.5) is 0 Å². The molecule has 3 rings (SSSR count). The number of aliphatic hydroxyl groups is 3. The first-order valence-corrected chi connectivity index (χ1v) is 11.2. The fraction of sp³-hybridized carbons (Fsp3) is 0.750. The van der Waals surface area contributed by atoms with E-state index in [2.05, 4.69) is 33.0 Å². The molecule has 8 atom stereocenters. The van der Waals surface area contributed by atoms with Crippen LogP contribution in [0.25, 0.3) is 0 Å². The van der Waals surface area contributed by atoms with E-state index in [9.17, 15) is 24.9 Å². The van der Waals surface area contributed by atoms with Crippen molar-refractivity contribution >= 4 is 11.7 Å². The summed E-state index contributed by atoms with van der Waals surface area (Å²) in [4.78, 5) is 27.3. The van der Waals surface area contributed by atoms with Crippen LogP contribution in [0.5, 0.6) is 0 Å². The topological polar surface area (TPSA) is 107 Å². The van der Waals surface area contributed by atoms with E-state index < -0.39 is 29.6 Å². The highest BCUT2D eigenvalue weighted by Gasteiger charge is 2.65. The number of aliphatic hydroxyl groups excluding tert-OH is 3. The van der Waals surface area contributed by atoms with Crippen LogP contribution in [0.3, 0.4) is 0 Å². The van der Waals surface area contributed by atoms with E-state index in [0.717, 1.165) is 12.0 Å². The van der Waals surface area contributed by atoms with Crippen LogP contribution in [0, 0.1) is 29.1 Å². The lowest BCUT2D eigenvalue weighted by Gasteiger charge is -2.45. The fourth-order valence-electron chi connectivity index (χ4n) is 5.88. The summed E-state index contributed by atoms with van der Waals surface area (Å²) in [5, 5.41) is 34.3. The molecule has 2 aliphatic carbocycles. The molecule has 1 aliphatic heterocycles. The van der Waals surface area contributed by atoms with Crippen molar-refractivity contribution in [2.24, 2.45) is 29.1 Å². The van der Waals surface area contributed by atoms with Gasteiger partial charge in [0.25, 0.3) is 0 Å². The number of carbonyl (C=O) groups excluding carboxylic acids is 2. The van der Waals surface area contributed by atoms with Crippen LogP contribution in [0.1, 0.15) is 60.3 Å². The molecule has 168 valence electrons. The lowest BCUT2D eigenvalue weighted by molar-refractivity contribution is -0.148. The van der Waals surface area contributed by atoms with Gasteiger partial charge in [0.15, 0.2) is 5.78 Å². The normalized spacial score (nSPS) is 44.4. The highest BCUT2D eigenvalue weighted by atomic mass is 16.4. The first kappa shape index (κ1) is 23.2. The number of ketones is 1. The van der Waals surface area contributed by atoms with E-state index in [-0.39, 0.29) is 36.0 Å². The monoisotopic (exact) mass is 419 g/mol. The number of amides is 1. The van der Waals surface area contributed by atoms with E-state index in [4.69, 9.17) is 0 Å². The van der Waals surface area contributed by atoms with Crippen LogP contribution < -0.4 is 5.32 Å². The van der Waals surface area contributed by atoms with Crippen molar-refractivity contribution in [3.8, 4) is 0 Å². The molecule has 30 heavy (non-hydrogen) atoms. The number of allylic oxidation sites excluding steroid dienone is 4. The van der Waals surface area contributed by atoms with Gasteiger partial charge in [-0.2, -0.15) is 0 Å².